The van der Waals surface area contributed by atoms with Crippen LogP contribution in [0.4, 0.5) is 0 Å². The Bertz CT molecular complexity index is 663. The van der Waals surface area contributed by atoms with E-state index in [4.69, 9.17) is 0 Å². The predicted molar refractivity (Wildman–Crippen MR) is 140 cm³/mol. The number of guanidine groups is 1. The lowest BCUT2D eigenvalue weighted by atomic mass is 9.79. The number of nitrogens with zero attached hydrogens (tertiary/aromatic N) is 4. The smallest absolute Gasteiger partial charge is 0.211 e. The fraction of sp³-hybridized carbons (Fsp3) is 0.955. The minimum absolute atomic E-state index is 0. The van der Waals surface area contributed by atoms with Crippen molar-refractivity contribution >= 4 is 40.0 Å². The molecule has 1 saturated carbocycles. The van der Waals surface area contributed by atoms with E-state index < -0.39 is 10.0 Å². The summed E-state index contributed by atoms with van der Waals surface area (Å²) < 4.78 is 25.0. The number of piperidine rings is 1. The van der Waals surface area contributed by atoms with Crippen LogP contribution in [-0.4, -0.2) is 93.6 Å². The second-order valence-corrected chi connectivity index (χ2v) is 11.9. The van der Waals surface area contributed by atoms with Gasteiger partial charge in [0.15, 0.2) is 5.96 Å². The fourth-order valence-corrected chi connectivity index (χ4v) is 6.32. The maximum Gasteiger partial charge on any atom is 0.211 e. The van der Waals surface area contributed by atoms with E-state index in [1.54, 1.807) is 4.31 Å². The molecule has 0 unspecified atom stereocenters. The number of piperazine rings is 1. The standard InChI is InChI=1S/C22H43N5O2S.HI/c1-18(2)20-5-7-21(8-6-20)25-13-15-26(16-14-25)22(23-3)24-17-19-9-11-27(12-10-19)30(4,28)29;/h18-21H,5-17H2,1-4H3,(H,23,24);1H. The summed E-state index contributed by atoms with van der Waals surface area (Å²) in [5.41, 5.74) is 0. The summed E-state index contributed by atoms with van der Waals surface area (Å²) >= 11 is 0. The van der Waals surface area contributed by atoms with Crippen LogP contribution in [0.3, 0.4) is 0 Å². The molecule has 0 radical (unpaired) electrons. The van der Waals surface area contributed by atoms with Gasteiger partial charge in [0.2, 0.25) is 10.0 Å². The van der Waals surface area contributed by atoms with Gasteiger partial charge in [-0.15, -0.1) is 24.0 Å². The fourth-order valence-electron chi connectivity index (χ4n) is 5.45. The van der Waals surface area contributed by atoms with Gasteiger partial charge in [-0.25, -0.2) is 12.7 Å². The van der Waals surface area contributed by atoms with Crippen molar-refractivity contribution in [2.75, 3.05) is 59.1 Å². The number of halogens is 1. The maximum absolute atomic E-state index is 11.7. The zero-order valence-electron chi connectivity index (χ0n) is 19.9. The minimum atomic E-state index is -3.05. The number of nitrogens with one attached hydrogen (secondary N) is 1. The molecule has 2 saturated heterocycles. The largest absolute Gasteiger partial charge is 0.356 e. The molecule has 0 bridgehead atoms. The molecule has 0 spiro atoms. The van der Waals surface area contributed by atoms with Crippen LogP contribution in [0.5, 0.6) is 0 Å². The highest BCUT2D eigenvalue weighted by atomic mass is 127. The van der Waals surface area contributed by atoms with Crippen LogP contribution < -0.4 is 5.32 Å². The van der Waals surface area contributed by atoms with Crippen molar-refractivity contribution in [1.82, 2.24) is 19.4 Å². The molecule has 1 aliphatic carbocycles. The van der Waals surface area contributed by atoms with Crippen molar-refractivity contribution in [2.24, 2.45) is 22.7 Å². The van der Waals surface area contributed by atoms with E-state index in [9.17, 15) is 8.42 Å². The molecule has 9 heteroatoms. The van der Waals surface area contributed by atoms with E-state index in [1.165, 1.54) is 31.9 Å². The Morgan fingerprint density at radius 2 is 1.55 bits per heavy atom. The molecule has 7 nitrogen and oxygen atoms in total. The maximum atomic E-state index is 11.7. The van der Waals surface area contributed by atoms with Gasteiger partial charge >= 0.3 is 0 Å². The van der Waals surface area contributed by atoms with E-state index >= 15 is 0 Å². The first-order valence-electron chi connectivity index (χ1n) is 11.9. The molecule has 0 amide bonds. The van der Waals surface area contributed by atoms with Crippen molar-refractivity contribution in [3.05, 3.63) is 0 Å². The van der Waals surface area contributed by atoms with Crippen LogP contribution in [-0.2, 0) is 10.0 Å². The van der Waals surface area contributed by atoms with Gasteiger partial charge in [0.1, 0.15) is 0 Å². The third-order valence-corrected chi connectivity index (χ3v) is 8.92. The van der Waals surface area contributed by atoms with Gasteiger partial charge in [-0.1, -0.05) is 13.8 Å². The molecule has 3 fully saturated rings. The summed E-state index contributed by atoms with van der Waals surface area (Å²) in [5, 5.41) is 3.56. The van der Waals surface area contributed by atoms with Gasteiger partial charge < -0.3 is 10.2 Å². The molecule has 0 aromatic rings. The van der Waals surface area contributed by atoms with Crippen LogP contribution in [0.1, 0.15) is 52.4 Å². The summed E-state index contributed by atoms with van der Waals surface area (Å²) in [6.07, 6.45) is 8.66. The summed E-state index contributed by atoms with van der Waals surface area (Å²) in [6, 6.07) is 0.775. The first kappa shape index (κ1) is 27.1. The Hall–Kier alpha value is -0.130. The predicted octanol–water partition coefficient (Wildman–Crippen LogP) is 2.68. The monoisotopic (exact) mass is 569 g/mol. The molecule has 0 atom stereocenters. The number of hydrogen-bond donors (Lipinski definition) is 1. The lowest BCUT2D eigenvalue weighted by Gasteiger charge is -2.43. The summed E-state index contributed by atoms with van der Waals surface area (Å²) in [6.45, 7) is 11.2. The Morgan fingerprint density at radius 3 is 2.03 bits per heavy atom. The highest BCUT2D eigenvalue weighted by Gasteiger charge is 2.30. The zero-order chi connectivity index (χ0) is 21.7. The normalized spacial score (nSPS) is 27.9. The van der Waals surface area contributed by atoms with Crippen molar-refractivity contribution in [3.63, 3.8) is 0 Å². The Labute approximate surface area is 207 Å². The Kier molecular flexibility index (Phi) is 10.8. The zero-order valence-corrected chi connectivity index (χ0v) is 23.1. The number of sulfonamides is 1. The average Bonchev–Trinajstić information content (AvgIpc) is 2.74. The third-order valence-electron chi connectivity index (χ3n) is 7.62. The molecule has 2 heterocycles. The first-order chi connectivity index (χ1) is 14.3. The van der Waals surface area contributed by atoms with Crippen LogP contribution in [0.15, 0.2) is 4.99 Å². The van der Waals surface area contributed by atoms with Crippen LogP contribution in [0.25, 0.3) is 0 Å². The van der Waals surface area contributed by atoms with Gasteiger partial charge in [0, 0.05) is 58.9 Å². The van der Waals surface area contributed by atoms with Gasteiger partial charge in [-0.3, -0.25) is 9.89 Å². The van der Waals surface area contributed by atoms with Crippen LogP contribution in [0, 0.1) is 17.8 Å². The van der Waals surface area contributed by atoms with E-state index in [0.29, 0.717) is 19.0 Å². The quantitative estimate of drug-likeness (QED) is 0.314. The van der Waals surface area contributed by atoms with Gasteiger partial charge in [-0.2, -0.15) is 0 Å². The van der Waals surface area contributed by atoms with Crippen LogP contribution >= 0.6 is 24.0 Å². The summed E-state index contributed by atoms with van der Waals surface area (Å²) in [7, 11) is -1.18. The molecule has 31 heavy (non-hydrogen) atoms. The van der Waals surface area contributed by atoms with Crippen molar-refractivity contribution in [3.8, 4) is 0 Å². The van der Waals surface area contributed by atoms with Crippen molar-refractivity contribution < 1.29 is 8.42 Å². The first-order valence-corrected chi connectivity index (χ1v) is 13.8. The second-order valence-electron chi connectivity index (χ2n) is 9.87. The van der Waals surface area contributed by atoms with Gasteiger partial charge in [-0.05, 0) is 56.3 Å². The molecular weight excluding hydrogens is 525 g/mol. The van der Waals surface area contributed by atoms with E-state index in [-0.39, 0.29) is 24.0 Å². The molecule has 182 valence electrons. The minimum Gasteiger partial charge on any atom is -0.356 e. The van der Waals surface area contributed by atoms with E-state index in [2.05, 4.69) is 34.0 Å². The van der Waals surface area contributed by atoms with E-state index in [1.807, 2.05) is 7.05 Å². The third kappa shape index (κ3) is 7.71. The lowest BCUT2D eigenvalue weighted by molar-refractivity contribution is 0.0863. The molecule has 2 aliphatic heterocycles. The molecule has 3 aliphatic rings. The SMILES string of the molecule is CN=C(NCC1CCN(S(C)(=O)=O)CC1)N1CCN(C2CCC(C(C)C)CC2)CC1.I. The van der Waals surface area contributed by atoms with Gasteiger partial charge in [0.05, 0.1) is 6.26 Å². The molecule has 0 aromatic heterocycles. The van der Waals surface area contributed by atoms with Gasteiger partial charge in [0.25, 0.3) is 0 Å². The van der Waals surface area contributed by atoms with Crippen LogP contribution in [0.2, 0.25) is 0 Å². The molecular formula is C22H44IN5O2S. The number of aliphatic imine (C=N–C) groups is 1. The average molecular weight is 570 g/mol. The topological polar surface area (TPSA) is 68.2 Å². The van der Waals surface area contributed by atoms with E-state index in [0.717, 1.165) is 69.4 Å². The highest BCUT2D eigenvalue weighted by molar-refractivity contribution is 14.0. The second kappa shape index (κ2) is 12.4. The summed E-state index contributed by atoms with van der Waals surface area (Å²) in [5.74, 6) is 3.27. The molecule has 3 rings (SSSR count). The summed E-state index contributed by atoms with van der Waals surface area (Å²) in [4.78, 5) is 9.62. The lowest BCUT2D eigenvalue weighted by Crippen LogP contribution is -2.55. The molecule has 1 N–H and O–H groups in total. The highest BCUT2D eigenvalue weighted by Crippen LogP contribution is 2.32. The Balaban J connectivity index is 0.00000341. The van der Waals surface area contributed by atoms with Crippen molar-refractivity contribution in [1.29, 1.82) is 0 Å². The number of hydrogen-bond acceptors (Lipinski definition) is 4. The number of rotatable bonds is 5. The molecule has 0 aromatic carbocycles. The Morgan fingerprint density at radius 1 is 0.968 bits per heavy atom. The van der Waals surface area contributed by atoms with Crippen molar-refractivity contribution in [2.45, 2.75) is 58.4 Å².